The molecule has 0 aromatic heterocycles. The average molecular weight is 458 g/mol. The van der Waals surface area contributed by atoms with Gasteiger partial charge in [0.05, 0.1) is 0 Å². The SMILES string of the molecule is C=C/C(C)=C(/C)N(C)/C(=C\C(=C)c1ccccc1C)NCCCCNC(=O)c1ccc(C)cc1. The largest absolute Gasteiger partial charge is 0.371 e. The second kappa shape index (κ2) is 13.2. The number of allylic oxidation sites excluding steroid dienone is 5. The van der Waals surface area contributed by atoms with Gasteiger partial charge < -0.3 is 15.5 Å². The lowest BCUT2D eigenvalue weighted by Crippen LogP contribution is -2.29. The van der Waals surface area contributed by atoms with E-state index in [1.54, 1.807) is 0 Å². The maximum atomic E-state index is 12.3. The molecule has 0 radical (unpaired) electrons. The molecule has 0 aliphatic rings. The van der Waals surface area contributed by atoms with Crippen molar-refractivity contribution in [3.8, 4) is 0 Å². The van der Waals surface area contributed by atoms with Crippen molar-refractivity contribution in [2.24, 2.45) is 0 Å². The van der Waals surface area contributed by atoms with Crippen LogP contribution in [0.25, 0.3) is 5.57 Å². The highest BCUT2D eigenvalue weighted by Gasteiger charge is 2.10. The van der Waals surface area contributed by atoms with Crippen LogP contribution >= 0.6 is 0 Å². The normalized spacial score (nSPS) is 12.0. The minimum absolute atomic E-state index is 0.0246. The Hall–Kier alpha value is -3.53. The van der Waals surface area contributed by atoms with Crippen molar-refractivity contribution < 1.29 is 4.79 Å². The van der Waals surface area contributed by atoms with Crippen LogP contribution in [-0.2, 0) is 0 Å². The van der Waals surface area contributed by atoms with Crippen molar-refractivity contribution >= 4 is 11.5 Å². The topological polar surface area (TPSA) is 44.4 Å². The highest BCUT2D eigenvalue weighted by molar-refractivity contribution is 5.94. The molecule has 34 heavy (non-hydrogen) atoms. The van der Waals surface area contributed by atoms with Crippen LogP contribution in [0.2, 0.25) is 0 Å². The van der Waals surface area contributed by atoms with Crippen LogP contribution in [0.4, 0.5) is 0 Å². The highest BCUT2D eigenvalue weighted by Crippen LogP contribution is 2.21. The third-order valence-corrected chi connectivity index (χ3v) is 6.05. The van der Waals surface area contributed by atoms with Gasteiger partial charge in [-0.15, -0.1) is 0 Å². The average Bonchev–Trinajstić information content (AvgIpc) is 2.84. The first-order valence-electron chi connectivity index (χ1n) is 11.8. The van der Waals surface area contributed by atoms with Gasteiger partial charge in [-0.2, -0.15) is 0 Å². The molecule has 0 aliphatic carbocycles. The lowest BCUT2D eigenvalue weighted by Gasteiger charge is -2.26. The first kappa shape index (κ1) is 26.7. The number of aryl methyl sites for hydroxylation is 2. The molecule has 0 aliphatic heterocycles. The molecule has 0 heterocycles. The van der Waals surface area contributed by atoms with E-state index in [9.17, 15) is 4.79 Å². The van der Waals surface area contributed by atoms with Crippen LogP contribution in [0, 0.1) is 13.8 Å². The maximum absolute atomic E-state index is 12.3. The van der Waals surface area contributed by atoms with E-state index in [1.165, 1.54) is 5.56 Å². The molecule has 4 nitrogen and oxygen atoms in total. The van der Waals surface area contributed by atoms with Crippen LogP contribution in [-0.4, -0.2) is 30.9 Å². The van der Waals surface area contributed by atoms with Crippen LogP contribution in [0.15, 0.2) is 90.9 Å². The Bertz CT molecular complexity index is 1060. The van der Waals surface area contributed by atoms with E-state index in [4.69, 9.17) is 0 Å². The molecule has 0 saturated carbocycles. The molecule has 180 valence electrons. The van der Waals surface area contributed by atoms with E-state index in [-0.39, 0.29) is 5.91 Å². The molecule has 2 aromatic rings. The number of benzene rings is 2. The number of amides is 1. The molecule has 0 bridgehead atoms. The summed E-state index contributed by atoms with van der Waals surface area (Å²) in [6.07, 6.45) is 5.79. The Morgan fingerprint density at radius 1 is 0.971 bits per heavy atom. The van der Waals surface area contributed by atoms with Crippen molar-refractivity contribution in [1.82, 2.24) is 15.5 Å². The molecular formula is C30H39N3O. The molecular weight excluding hydrogens is 418 g/mol. The van der Waals surface area contributed by atoms with Gasteiger partial charge in [0.1, 0.15) is 5.82 Å². The van der Waals surface area contributed by atoms with Gasteiger partial charge >= 0.3 is 0 Å². The van der Waals surface area contributed by atoms with Crippen LogP contribution in [0.5, 0.6) is 0 Å². The van der Waals surface area contributed by atoms with Gasteiger partial charge in [0.2, 0.25) is 0 Å². The summed E-state index contributed by atoms with van der Waals surface area (Å²) in [5, 5.41) is 6.58. The number of carbonyl (C=O) groups is 1. The summed E-state index contributed by atoms with van der Waals surface area (Å²) in [4.78, 5) is 14.4. The number of hydrogen-bond donors (Lipinski definition) is 2. The predicted octanol–water partition coefficient (Wildman–Crippen LogP) is 6.37. The van der Waals surface area contributed by atoms with Gasteiger partial charge in [-0.05, 0) is 81.0 Å². The minimum Gasteiger partial charge on any atom is -0.371 e. The second-order valence-corrected chi connectivity index (χ2v) is 8.66. The summed E-state index contributed by atoms with van der Waals surface area (Å²) in [6.45, 7) is 17.9. The molecule has 0 saturated heterocycles. The summed E-state index contributed by atoms with van der Waals surface area (Å²) in [7, 11) is 2.05. The van der Waals surface area contributed by atoms with E-state index in [0.717, 1.165) is 53.2 Å². The third kappa shape index (κ3) is 7.80. The monoisotopic (exact) mass is 457 g/mol. The van der Waals surface area contributed by atoms with Crippen molar-refractivity contribution in [3.63, 3.8) is 0 Å². The Kier molecular flexibility index (Phi) is 10.4. The molecule has 1 amide bonds. The van der Waals surface area contributed by atoms with E-state index >= 15 is 0 Å². The third-order valence-electron chi connectivity index (χ3n) is 6.05. The smallest absolute Gasteiger partial charge is 0.251 e. The summed E-state index contributed by atoms with van der Waals surface area (Å²) in [5.74, 6) is 0.958. The highest BCUT2D eigenvalue weighted by atomic mass is 16.1. The van der Waals surface area contributed by atoms with Gasteiger partial charge in [-0.3, -0.25) is 4.79 Å². The quantitative estimate of drug-likeness (QED) is 0.287. The van der Waals surface area contributed by atoms with Crippen molar-refractivity contribution in [2.45, 2.75) is 40.5 Å². The lowest BCUT2D eigenvalue weighted by molar-refractivity contribution is 0.0953. The summed E-state index contributed by atoms with van der Waals surface area (Å²) >= 11 is 0. The lowest BCUT2D eigenvalue weighted by atomic mass is 10.0. The van der Waals surface area contributed by atoms with E-state index < -0.39 is 0 Å². The fraction of sp³-hybridized carbons (Fsp3) is 0.300. The number of carbonyl (C=O) groups excluding carboxylic acids is 1. The summed E-state index contributed by atoms with van der Waals surface area (Å²) in [6, 6.07) is 15.9. The molecule has 0 unspecified atom stereocenters. The standard InChI is InChI=1S/C30H39N3O/c1-8-23(3)26(6)33(7)29(21-25(5)28-14-10-9-13-24(28)4)31-19-11-12-20-32-30(34)27-17-15-22(2)16-18-27/h8-10,13-18,21,31H,1,5,11-12,19-20H2,2-4,6-7H3,(H,32,34)/b26-23-,29-21-. The molecule has 0 atom stereocenters. The number of hydrogen-bond acceptors (Lipinski definition) is 3. The number of unbranched alkanes of at least 4 members (excludes halogenated alkanes) is 1. The summed E-state index contributed by atoms with van der Waals surface area (Å²) in [5.41, 5.74) is 7.38. The number of nitrogens with one attached hydrogen (secondary N) is 2. The van der Waals surface area contributed by atoms with E-state index in [1.807, 2.05) is 56.4 Å². The molecule has 2 rings (SSSR count). The van der Waals surface area contributed by atoms with Gasteiger partial charge in [0, 0.05) is 31.4 Å². The molecule has 0 spiro atoms. The van der Waals surface area contributed by atoms with Crippen LogP contribution < -0.4 is 10.6 Å². The van der Waals surface area contributed by atoms with Crippen molar-refractivity contribution in [3.05, 3.63) is 113 Å². The number of nitrogens with zero attached hydrogens (tertiary/aromatic N) is 1. The second-order valence-electron chi connectivity index (χ2n) is 8.66. The Morgan fingerprint density at radius 2 is 1.59 bits per heavy atom. The van der Waals surface area contributed by atoms with Gasteiger partial charge in [-0.1, -0.05) is 61.2 Å². The zero-order valence-electron chi connectivity index (χ0n) is 21.4. The Balaban J connectivity index is 1.98. The zero-order chi connectivity index (χ0) is 25.1. The van der Waals surface area contributed by atoms with Gasteiger partial charge in [-0.25, -0.2) is 0 Å². The first-order chi connectivity index (χ1) is 16.2. The van der Waals surface area contributed by atoms with Gasteiger partial charge in [0.25, 0.3) is 5.91 Å². The molecule has 2 aromatic carbocycles. The predicted molar refractivity (Wildman–Crippen MR) is 145 cm³/mol. The fourth-order valence-corrected chi connectivity index (χ4v) is 3.51. The minimum atomic E-state index is -0.0246. The Labute approximate surface area is 205 Å². The fourth-order valence-electron chi connectivity index (χ4n) is 3.51. The zero-order valence-corrected chi connectivity index (χ0v) is 21.4. The first-order valence-corrected chi connectivity index (χ1v) is 11.8. The van der Waals surface area contributed by atoms with Crippen LogP contribution in [0.1, 0.15) is 53.7 Å². The van der Waals surface area contributed by atoms with Crippen molar-refractivity contribution in [2.75, 3.05) is 20.1 Å². The van der Waals surface area contributed by atoms with E-state index in [2.05, 4.69) is 67.7 Å². The number of rotatable bonds is 12. The Morgan fingerprint density at radius 3 is 2.21 bits per heavy atom. The van der Waals surface area contributed by atoms with Crippen molar-refractivity contribution in [1.29, 1.82) is 0 Å². The summed E-state index contributed by atoms with van der Waals surface area (Å²) < 4.78 is 0. The van der Waals surface area contributed by atoms with Crippen LogP contribution in [0.3, 0.4) is 0 Å². The van der Waals surface area contributed by atoms with Gasteiger partial charge in [0.15, 0.2) is 0 Å². The molecule has 0 fully saturated rings. The van der Waals surface area contributed by atoms with E-state index in [0.29, 0.717) is 12.1 Å². The molecule has 2 N–H and O–H groups in total. The maximum Gasteiger partial charge on any atom is 0.251 e. The molecule has 4 heteroatoms.